The van der Waals surface area contributed by atoms with Gasteiger partial charge in [-0.1, -0.05) is 65.9 Å². The van der Waals surface area contributed by atoms with E-state index in [-0.39, 0.29) is 17.3 Å². The van der Waals surface area contributed by atoms with Crippen molar-refractivity contribution in [2.45, 2.75) is 18.9 Å². The smallest absolute Gasteiger partial charge is 0.273 e. The number of benzene rings is 3. The van der Waals surface area contributed by atoms with E-state index in [4.69, 9.17) is 14.1 Å². The second-order valence-electron chi connectivity index (χ2n) is 9.87. The van der Waals surface area contributed by atoms with E-state index in [1.165, 1.54) is 36.1 Å². The van der Waals surface area contributed by atoms with Gasteiger partial charge in [-0.05, 0) is 47.7 Å². The van der Waals surface area contributed by atoms with Crippen molar-refractivity contribution in [3.8, 4) is 17.1 Å². The summed E-state index contributed by atoms with van der Waals surface area (Å²) in [5.41, 5.74) is 5.93. The van der Waals surface area contributed by atoms with E-state index < -0.39 is 4.92 Å². The Morgan fingerprint density at radius 2 is 1.83 bits per heavy atom. The van der Waals surface area contributed by atoms with Crippen molar-refractivity contribution in [2.75, 3.05) is 7.11 Å². The van der Waals surface area contributed by atoms with Crippen LogP contribution in [0.4, 0.5) is 5.69 Å². The lowest BCUT2D eigenvalue weighted by atomic mass is 9.83. The molecule has 1 atom stereocenters. The normalized spacial score (nSPS) is 16.0. The molecule has 5 aromatic rings. The molecule has 2 aromatic heterocycles. The van der Waals surface area contributed by atoms with Crippen LogP contribution in [0.25, 0.3) is 23.1 Å². The maximum absolute atomic E-state index is 13.9. The fourth-order valence-corrected chi connectivity index (χ4v) is 6.64. The number of nitro benzene ring substituents is 1. The number of non-ortho nitro benzene ring substituents is 1. The standard InChI is InChI=1S/C32H23N3O5S/c1-39-27-17-21(35(37)38)12-15-24(27)26-16-13-22(40-26)18-28-31(36)34-30(20-8-3-2-4-9-20)25-14-11-19-7-5-6-10-23(19)29(25)33-32(34)41-28/h2-10,12-13,15-18,30H,11,14H2,1H3/b28-18+/t30-/m0/s1. The number of aryl methyl sites for hydroxylation is 1. The molecule has 3 heterocycles. The van der Waals surface area contributed by atoms with Crippen LogP contribution < -0.4 is 19.6 Å². The van der Waals surface area contributed by atoms with Gasteiger partial charge in [-0.15, -0.1) is 0 Å². The Kier molecular flexibility index (Phi) is 6.01. The molecule has 0 fully saturated rings. The van der Waals surface area contributed by atoms with Crippen molar-refractivity contribution in [2.24, 2.45) is 4.99 Å². The number of fused-ring (bicyclic) bond motifs is 3. The van der Waals surface area contributed by atoms with Crippen LogP contribution in [0.2, 0.25) is 0 Å². The molecular formula is C32H23N3O5S. The molecule has 0 unspecified atom stereocenters. The van der Waals surface area contributed by atoms with E-state index in [0.29, 0.717) is 32.2 Å². The summed E-state index contributed by atoms with van der Waals surface area (Å²) in [6.45, 7) is 0. The van der Waals surface area contributed by atoms with Gasteiger partial charge in [0.15, 0.2) is 4.80 Å². The zero-order valence-corrected chi connectivity index (χ0v) is 22.8. The van der Waals surface area contributed by atoms with E-state index in [1.54, 1.807) is 24.3 Å². The molecule has 0 N–H and O–H groups in total. The van der Waals surface area contributed by atoms with Gasteiger partial charge >= 0.3 is 0 Å². The third kappa shape index (κ3) is 4.22. The minimum Gasteiger partial charge on any atom is -0.496 e. The Labute approximate surface area is 238 Å². The van der Waals surface area contributed by atoms with Gasteiger partial charge in [0.2, 0.25) is 0 Å². The number of rotatable bonds is 5. The van der Waals surface area contributed by atoms with Gasteiger partial charge in [0.1, 0.15) is 17.3 Å². The Morgan fingerprint density at radius 1 is 1.02 bits per heavy atom. The fraction of sp³-hybridized carbons (Fsp3) is 0.125. The van der Waals surface area contributed by atoms with Gasteiger partial charge in [0.05, 0.1) is 39.9 Å². The summed E-state index contributed by atoms with van der Waals surface area (Å²) in [5, 5.41) is 11.2. The number of thiazole rings is 1. The molecular weight excluding hydrogens is 538 g/mol. The number of furan rings is 1. The lowest BCUT2D eigenvalue weighted by Crippen LogP contribution is -2.38. The Morgan fingerprint density at radius 3 is 2.63 bits per heavy atom. The number of nitro groups is 1. The van der Waals surface area contributed by atoms with Crippen molar-refractivity contribution in [1.29, 1.82) is 0 Å². The number of aromatic nitrogens is 1. The predicted molar refractivity (Wildman–Crippen MR) is 157 cm³/mol. The van der Waals surface area contributed by atoms with Crippen molar-refractivity contribution < 1.29 is 14.1 Å². The highest BCUT2D eigenvalue weighted by atomic mass is 32.1. The zero-order chi connectivity index (χ0) is 28.1. The third-order valence-corrected chi connectivity index (χ3v) is 8.53. The number of nitrogens with zero attached hydrogens (tertiary/aromatic N) is 3. The lowest BCUT2D eigenvalue weighted by molar-refractivity contribution is -0.384. The van der Waals surface area contributed by atoms with Gasteiger partial charge in [-0.25, -0.2) is 4.99 Å². The first-order chi connectivity index (χ1) is 20.0. The van der Waals surface area contributed by atoms with Crippen LogP contribution in [0.1, 0.15) is 34.9 Å². The Bertz CT molecular complexity index is 2050. The first-order valence-corrected chi connectivity index (χ1v) is 13.9. The second kappa shape index (κ2) is 9.87. The molecule has 2 aliphatic rings. The van der Waals surface area contributed by atoms with E-state index in [9.17, 15) is 14.9 Å². The summed E-state index contributed by atoms with van der Waals surface area (Å²) in [7, 11) is 1.45. The highest BCUT2D eigenvalue weighted by Crippen LogP contribution is 2.41. The second-order valence-corrected chi connectivity index (χ2v) is 10.9. The maximum atomic E-state index is 13.9. The summed E-state index contributed by atoms with van der Waals surface area (Å²) in [5.74, 6) is 1.29. The highest BCUT2D eigenvalue weighted by molar-refractivity contribution is 7.07. The monoisotopic (exact) mass is 561 g/mol. The molecule has 0 saturated carbocycles. The molecule has 1 aliphatic carbocycles. The molecule has 9 heteroatoms. The summed E-state index contributed by atoms with van der Waals surface area (Å²) >= 11 is 1.34. The van der Waals surface area contributed by atoms with E-state index in [1.807, 2.05) is 28.8 Å². The molecule has 7 rings (SSSR count). The molecule has 8 nitrogen and oxygen atoms in total. The van der Waals surface area contributed by atoms with Crippen LogP contribution in [0, 0.1) is 10.1 Å². The average Bonchev–Trinajstić information content (AvgIpc) is 3.60. The van der Waals surface area contributed by atoms with Crippen LogP contribution in [-0.4, -0.2) is 16.6 Å². The number of hydrogen-bond acceptors (Lipinski definition) is 7. The van der Waals surface area contributed by atoms with E-state index >= 15 is 0 Å². The molecule has 0 saturated heterocycles. The molecule has 0 bridgehead atoms. The highest BCUT2D eigenvalue weighted by Gasteiger charge is 2.32. The molecule has 3 aromatic carbocycles. The quantitative estimate of drug-likeness (QED) is 0.209. The predicted octanol–water partition coefficient (Wildman–Crippen LogP) is 5.50. The van der Waals surface area contributed by atoms with Gasteiger partial charge < -0.3 is 9.15 Å². The van der Waals surface area contributed by atoms with Crippen molar-refractivity contribution in [1.82, 2.24) is 4.57 Å². The van der Waals surface area contributed by atoms with Crippen LogP contribution in [0.3, 0.4) is 0 Å². The first kappa shape index (κ1) is 25.0. The third-order valence-electron chi connectivity index (χ3n) is 7.55. The largest absolute Gasteiger partial charge is 0.496 e. The molecule has 0 radical (unpaired) electrons. The van der Waals surface area contributed by atoms with Gasteiger partial charge in [-0.2, -0.15) is 0 Å². The van der Waals surface area contributed by atoms with Crippen molar-refractivity contribution in [3.63, 3.8) is 0 Å². The van der Waals surface area contributed by atoms with E-state index in [2.05, 4.69) is 30.3 Å². The van der Waals surface area contributed by atoms with Crippen LogP contribution >= 0.6 is 11.3 Å². The molecule has 41 heavy (non-hydrogen) atoms. The average molecular weight is 562 g/mol. The summed E-state index contributed by atoms with van der Waals surface area (Å²) in [4.78, 5) is 30.3. The Balaban J connectivity index is 1.36. The number of hydrogen-bond donors (Lipinski definition) is 0. The van der Waals surface area contributed by atoms with Crippen LogP contribution in [0.15, 0.2) is 105 Å². The van der Waals surface area contributed by atoms with Crippen LogP contribution in [-0.2, 0) is 6.42 Å². The summed E-state index contributed by atoms with van der Waals surface area (Å²) < 4.78 is 13.8. The summed E-state index contributed by atoms with van der Waals surface area (Å²) in [6, 6.07) is 26.1. The first-order valence-electron chi connectivity index (χ1n) is 13.1. The topological polar surface area (TPSA) is 99.9 Å². The van der Waals surface area contributed by atoms with Gasteiger partial charge in [-0.3, -0.25) is 19.5 Å². The number of allylic oxidation sites excluding steroid dienone is 1. The van der Waals surface area contributed by atoms with Crippen molar-refractivity contribution >= 4 is 28.8 Å². The zero-order valence-electron chi connectivity index (χ0n) is 21.9. The van der Waals surface area contributed by atoms with Gasteiger partial charge in [0, 0.05) is 17.7 Å². The lowest BCUT2D eigenvalue weighted by Gasteiger charge is -2.30. The molecule has 202 valence electrons. The Hall–Kier alpha value is -5.02. The molecule has 0 spiro atoms. The minimum absolute atomic E-state index is 0.0724. The molecule has 1 aliphatic heterocycles. The molecule has 0 amide bonds. The van der Waals surface area contributed by atoms with E-state index in [0.717, 1.165) is 35.2 Å². The number of ether oxygens (including phenoxy) is 1. The van der Waals surface area contributed by atoms with Gasteiger partial charge in [0.25, 0.3) is 11.2 Å². The minimum atomic E-state index is -0.473. The SMILES string of the molecule is COc1cc([N+](=O)[O-])ccc1-c1ccc(/C=c2/sc3n(c2=O)[C@@H](c2ccccc2)C2=C(N=3)c3ccccc3CC2)o1. The summed E-state index contributed by atoms with van der Waals surface area (Å²) in [6.07, 6.45) is 3.46. The maximum Gasteiger partial charge on any atom is 0.273 e. The van der Waals surface area contributed by atoms with Crippen molar-refractivity contribution in [3.05, 3.63) is 143 Å². The van der Waals surface area contributed by atoms with Crippen LogP contribution in [0.5, 0.6) is 5.75 Å². The number of methoxy groups -OCH3 is 1. The fourth-order valence-electron chi connectivity index (χ4n) is 5.66.